The molecule has 1 aliphatic rings. The summed E-state index contributed by atoms with van der Waals surface area (Å²) in [5.74, 6) is -0.448. The molecule has 2 rings (SSSR count). The van der Waals surface area contributed by atoms with E-state index in [1.165, 1.54) is 12.3 Å². The summed E-state index contributed by atoms with van der Waals surface area (Å²) in [4.78, 5) is 14.5. The van der Waals surface area contributed by atoms with Gasteiger partial charge in [0.2, 0.25) is 0 Å². The molecule has 2 N–H and O–H groups in total. The van der Waals surface area contributed by atoms with Crippen LogP contribution in [-0.2, 0) is 0 Å². The molecule has 0 bridgehead atoms. The van der Waals surface area contributed by atoms with Gasteiger partial charge in [-0.1, -0.05) is 11.6 Å². The highest BCUT2D eigenvalue weighted by Crippen LogP contribution is 2.28. The van der Waals surface area contributed by atoms with Crippen LogP contribution in [-0.4, -0.2) is 22.1 Å². The third-order valence-corrected chi connectivity index (χ3v) is 2.29. The number of carbonyl (C=O) groups is 1. The minimum Gasteiger partial charge on any atom is -0.478 e. The summed E-state index contributed by atoms with van der Waals surface area (Å²) in [6, 6.07) is 1.86. The molecule has 1 aromatic heterocycles. The van der Waals surface area contributed by atoms with Crippen molar-refractivity contribution in [2.75, 3.05) is 5.32 Å². The van der Waals surface area contributed by atoms with Gasteiger partial charge in [-0.2, -0.15) is 0 Å². The second-order valence-electron chi connectivity index (χ2n) is 3.28. The molecule has 0 aliphatic heterocycles. The smallest absolute Gasteiger partial charge is 0.337 e. The molecule has 0 atom stereocenters. The lowest BCUT2D eigenvalue weighted by Gasteiger charge is -2.05. The molecule has 74 valence electrons. The number of carboxylic acids is 1. The van der Waals surface area contributed by atoms with E-state index in [-0.39, 0.29) is 5.56 Å². The Morgan fingerprint density at radius 1 is 1.64 bits per heavy atom. The Kier molecular flexibility index (Phi) is 2.29. The molecule has 1 aromatic rings. The van der Waals surface area contributed by atoms with Crippen LogP contribution in [0.2, 0.25) is 5.02 Å². The van der Waals surface area contributed by atoms with E-state index in [9.17, 15) is 4.79 Å². The number of hydrogen-bond donors (Lipinski definition) is 2. The first-order valence-corrected chi connectivity index (χ1v) is 4.70. The number of hydrogen-bond acceptors (Lipinski definition) is 3. The highest BCUT2D eigenvalue weighted by molar-refractivity contribution is 6.33. The van der Waals surface area contributed by atoms with Gasteiger partial charge in [0.25, 0.3) is 0 Å². The van der Waals surface area contributed by atoms with E-state index in [0.29, 0.717) is 16.9 Å². The fourth-order valence-corrected chi connectivity index (χ4v) is 1.30. The number of carboxylic acid groups (broad SMARTS) is 1. The van der Waals surface area contributed by atoms with Crippen molar-refractivity contribution < 1.29 is 9.90 Å². The first-order valence-electron chi connectivity index (χ1n) is 4.32. The summed E-state index contributed by atoms with van der Waals surface area (Å²) in [6.07, 6.45) is 3.55. The van der Waals surface area contributed by atoms with E-state index in [0.717, 1.165) is 12.8 Å². The third-order valence-electron chi connectivity index (χ3n) is 2.01. The maximum Gasteiger partial charge on any atom is 0.337 e. The Hall–Kier alpha value is -1.29. The van der Waals surface area contributed by atoms with Gasteiger partial charge in [0.1, 0.15) is 5.82 Å². The van der Waals surface area contributed by atoms with E-state index in [1.54, 1.807) is 0 Å². The number of nitrogens with zero attached hydrogens (tertiary/aromatic N) is 1. The predicted octanol–water partition coefficient (Wildman–Crippen LogP) is 2.01. The molecular weight excluding hydrogens is 204 g/mol. The van der Waals surface area contributed by atoms with Crippen molar-refractivity contribution in [2.45, 2.75) is 18.9 Å². The van der Waals surface area contributed by atoms with Crippen molar-refractivity contribution in [2.24, 2.45) is 0 Å². The largest absolute Gasteiger partial charge is 0.478 e. The van der Waals surface area contributed by atoms with Gasteiger partial charge >= 0.3 is 5.97 Å². The van der Waals surface area contributed by atoms with E-state index in [2.05, 4.69) is 10.3 Å². The fraction of sp³-hybridized carbons (Fsp3) is 0.333. The maximum absolute atomic E-state index is 10.6. The minimum atomic E-state index is -1.02. The Balaban J connectivity index is 2.21. The highest BCUT2D eigenvalue weighted by atomic mass is 35.5. The van der Waals surface area contributed by atoms with Crippen molar-refractivity contribution in [3.63, 3.8) is 0 Å². The summed E-state index contributed by atoms with van der Waals surface area (Å²) in [5.41, 5.74) is 0.108. The van der Waals surface area contributed by atoms with Crippen LogP contribution in [0.3, 0.4) is 0 Å². The van der Waals surface area contributed by atoms with Gasteiger partial charge in [-0.3, -0.25) is 0 Å². The van der Waals surface area contributed by atoms with E-state index in [1.807, 2.05) is 0 Å². The second-order valence-corrected chi connectivity index (χ2v) is 3.69. The van der Waals surface area contributed by atoms with Crippen LogP contribution in [0, 0.1) is 0 Å². The van der Waals surface area contributed by atoms with Crippen molar-refractivity contribution in [1.29, 1.82) is 0 Å². The molecule has 4 nitrogen and oxygen atoms in total. The van der Waals surface area contributed by atoms with Crippen LogP contribution < -0.4 is 5.32 Å². The van der Waals surface area contributed by atoms with Gasteiger partial charge in [0.05, 0.1) is 10.6 Å². The normalized spacial score (nSPS) is 15.2. The number of pyridine rings is 1. The molecular formula is C9H9ClN2O2. The van der Waals surface area contributed by atoms with Crippen LogP contribution >= 0.6 is 11.6 Å². The summed E-state index contributed by atoms with van der Waals surface area (Å²) in [6.45, 7) is 0. The van der Waals surface area contributed by atoms with Crippen molar-refractivity contribution in [3.05, 3.63) is 22.8 Å². The molecule has 1 fully saturated rings. The topological polar surface area (TPSA) is 62.2 Å². The number of anilines is 1. The van der Waals surface area contributed by atoms with Crippen LogP contribution in [0.4, 0.5) is 5.82 Å². The summed E-state index contributed by atoms with van der Waals surface area (Å²) >= 11 is 5.86. The lowest BCUT2D eigenvalue weighted by atomic mass is 10.3. The molecule has 0 radical (unpaired) electrons. The van der Waals surface area contributed by atoms with Gasteiger partial charge in [0.15, 0.2) is 0 Å². The molecule has 0 aromatic carbocycles. The monoisotopic (exact) mass is 212 g/mol. The fourth-order valence-electron chi connectivity index (χ4n) is 1.08. The average Bonchev–Trinajstić information content (AvgIpc) is 2.92. The number of nitrogens with one attached hydrogen (secondary N) is 1. The Morgan fingerprint density at radius 3 is 2.86 bits per heavy atom. The lowest BCUT2D eigenvalue weighted by Crippen LogP contribution is -2.05. The molecule has 1 heterocycles. The number of aromatic carboxylic acids is 1. The molecule has 0 unspecified atom stereocenters. The van der Waals surface area contributed by atoms with Gasteiger partial charge in [-0.15, -0.1) is 0 Å². The van der Waals surface area contributed by atoms with E-state index >= 15 is 0 Å². The second kappa shape index (κ2) is 3.46. The lowest BCUT2D eigenvalue weighted by molar-refractivity contribution is 0.0696. The first-order chi connectivity index (χ1) is 6.66. The zero-order chi connectivity index (χ0) is 10.1. The Bertz CT molecular complexity index is 377. The predicted molar refractivity (Wildman–Crippen MR) is 52.9 cm³/mol. The summed E-state index contributed by atoms with van der Waals surface area (Å²) in [7, 11) is 0. The van der Waals surface area contributed by atoms with E-state index in [4.69, 9.17) is 16.7 Å². The van der Waals surface area contributed by atoms with Crippen LogP contribution in [0.25, 0.3) is 0 Å². The number of halogens is 1. The van der Waals surface area contributed by atoms with Crippen LogP contribution in [0.15, 0.2) is 12.3 Å². The van der Waals surface area contributed by atoms with Gasteiger partial charge in [-0.05, 0) is 18.9 Å². The van der Waals surface area contributed by atoms with Gasteiger partial charge in [0, 0.05) is 12.2 Å². The van der Waals surface area contributed by atoms with Crippen molar-refractivity contribution in [3.8, 4) is 0 Å². The Labute approximate surface area is 85.9 Å². The van der Waals surface area contributed by atoms with E-state index < -0.39 is 5.97 Å². The summed E-state index contributed by atoms with van der Waals surface area (Å²) < 4.78 is 0. The average molecular weight is 213 g/mol. The van der Waals surface area contributed by atoms with Crippen molar-refractivity contribution >= 4 is 23.4 Å². The van der Waals surface area contributed by atoms with Gasteiger partial charge in [-0.25, -0.2) is 9.78 Å². The van der Waals surface area contributed by atoms with Gasteiger partial charge < -0.3 is 10.4 Å². The molecule has 0 amide bonds. The molecule has 0 spiro atoms. The first kappa shape index (κ1) is 9.27. The quantitative estimate of drug-likeness (QED) is 0.805. The third kappa shape index (κ3) is 1.96. The number of aromatic nitrogens is 1. The maximum atomic E-state index is 10.6. The zero-order valence-corrected chi connectivity index (χ0v) is 8.08. The molecule has 0 saturated heterocycles. The molecule has 14 heavy (non-hydrogen) atoms. The standard InChI is InChI=1S/C9H9ClN2O2/c10-7-3-5(9(13)14)4-11-8(7)12-6-1-2-6/h3-4,6H,1-2H2,(H,11,12)(H,13,14). The SMILES string of the molecule is O=C(O)c1cnc(NC2CC2)c(Cl)c1. The molecule has 1 saturated carbocycles. The highest BCUT2D eigenvalue weighted by Gasteiger charge is 2.22. The molecule has 5 heteroatoms. The van der Waals surface area contributed by atoms with Crippen molar-refractivity contribution in [1.82, 2.24) is 4.98 Å². The Morgan fingerprint density at radius 2 is 2.36 bits per heavy atom. The zero-order valence-electron chi connectivity index (χ0n) is 7.33. The van der Waals surface area contributed by atoms with Crippen LogP contribution in [0.5, 0.6) is 0 Å². The minimum absolute atomic E-state index is 0.108. The summed E-state index contributed by atoms with van der Waals surface area (Å²) in [5, 5.41) is 12.1. The molecule has 1 aliphatic carbocycles. The number of rotatable bonds is 3. The van der Waals surface area contributed by atoms with Crippen LogP contribution in [0.1, 0.15) is 23.2 Å².